The summed E-state index contributed by atoms with van der Waals surface area (Å²) in [6.45, 7) is 4.29. The molecule has 1 aliphatic carbocycles. The van der Waals surface area contributed by atoms with Gasteiger partial charge in [-0.3, -0.25) is 0 Å². The highest BCUT2D eigenvalue weighted by Crippen LogP contribution is 2.40. The van der Waals surface area contributed by atoms with Crippen molar-refractivity contribution in [1.29, 1.82) is 0 Å². The lowest BCUT2D eigenvalue weighted by atomic mass is 10.2. The second-order valence-corrected chi connectivity index (χ2v) is 6.85. The minimum atomic E-state index is 0.369. The normalized spacial score (nSPS) is 14.7. The van der Waals surface area contributed by atoms with Gasteiger partial charge in [-0.05, 0) is 18.9 Å². The van der Waals surface area contributed by atoms with Crippen LogP contribution >= 0.6 is 11.8 Å². The van der Waals surface area contributed by atoms with E-state index in [9.17, 15) is 0 Å². The molecule has 120 valence electrons. The van der Waals surface area contributed by atoms with E-state index in [0.29, 0.717) is 29.4 Å². The van der Waals surface area contributed by atoms with Crippen LogP contribution in [0, 0.1) is 0 Å². The molecule has 8 heteroatoms. The summed E-state index contributed by atoms with van der Waals surface area (Å²) < 4.78 is 12.6. The first-order valence-electron chi connectivity index (χ1n) is 7.65. The molecule has 0 saturated heterocycles. The molecule has 3 aromatic rings. The minimum Gasteiger partial charge on any atom is -0.472 e. The van der Waals surface area contributed by atoms with Gasteiger partial charge in [0.25, 0.3) is 0 Å². The zero-order chi connectivity index (χ0) is 15.8. The van der Waals surface area contributed by atoms with Gasteiger partial charge in [-0.2, -0.15) is 4.98 Å². The Hall–Kier alpha value is -2.09. The first-order chi connectivity index (χ1) is 11.2. The van der Waals surface area contributed by atoms with Crippen molar-refractivity contribution in [2.45, 2.75) is 49.6 Å². The molecule has 1 fully saturated rings. The Morgan fingerprint density at radius 2 is 2.22 bits per heavy atom. The Morgan fingerprint density at radius 3 is 2.91 bits per heavy atom. The van der Waals surface area contributed by atoms with Gasteiger partial charge in [-0.25, -0.2) is 0 Å². The number of hydrogen-bond acceptors (Lipinski definition) is 7. The van der Waals surface area contributed by atoms with E-state index < -0.39 is 0 Å². The summed E-state index contributed by atoms with van der Waals surface area (Å²) in [6, 6.07) is 2.36. The monoisotopic (exact) mass is 331 g/mol. The van der Waals surface area contributed by atoms with E-state index in [1.807, 2.05) is 0 Å². The van der Waals surface area contributed by atoms with Crippen LogP contribution in [0.2, 0.25) is 0 Å². The highest BCUT2D eigenvalue weighted by Gasteiger charge is 2.30. The maximum Gasteiger partial charge on any atom is 0.237 e. The maximum absolute atomic E-state index is 5.30. The predicted molar refractivity (Wildman–Crippen MR) is 83.9 cm³/mol. The van der Waals surface area contributed by atoms with Gasteiger partial charge in [0.2, 0.25) is 11.7 Å². The lowest BCUT2D eigenvalue weighted by molar-refractivity contribution is 0.391. The molecule has 0 bridgehead atoms. The summed E-state index contributed by atoms with van der Waals surface area (Å²) in [4.78, 5) is 4.38. The van der Waals surface area contributed by atoms with E-state index in [4.69, 9.17) is 8.94 Å². The third kappa shape index (κ3) is 2.90. The van der Waals surface area contributed by atoms with Crippen LogP contribution in [0.15, 0.2) is 32.7 Å². The molecule has 0 N–H and O–H groups in total. The van der Waals surface area contributed by atoms with Gasteiger partial charge in [-0.15, -0.1) is 10.2 Å². The van der Waals surface area contributed by atoms with Crippen molar-refractivity contribution < 1.29 is 8.94 Å². The molecule has 7 nitrogen and oxygen atoms in total. The lowest BCUT2D eigenvalue weighted by Crippen LogP contribution is -2.04. The van der Waals surface area contributed by atoms with Gasteiger partial charge in [-0.1, -0.05) is 30.8 Å². The fourth-order valence-corrected chi connectivity index (χ4v) is 3.26. The van der Waals surface area contributed by atoms with Crippen molar-refractivity contribution >= 4 is 11.8 Å². The van der Waals surface area contributed by atoms with Crippen LogP contribution in [0.4, 0.5) is 0 Å². The van der Waals surface area contributed by atoms with Crippen molar-refractivity contribution in [3.63, 3.8) is 0 Å². The average Bonchev–Trinajstić information content (AvgIpc) is 3.00. The summed E-state index contributed by atoms with van der Waals surface area (Å²) in [7, 11) is 0. The standard InChI is InChI=1S/C15H17N5O2S/c1-9(2)14-17-18-15(20(14)11-3-4-11)23-8-12-16-13(19-22-12)10-5-6-21-7-10/h5-7,9,11H,3-4,8H2,1-2H3. The molecule has 0 amide bonds. The Bertz CT molecular complexity index is 789. The zero-order valence-corrected chi connectivity index (χ0v) is 13.8. The number of nitrogens with zero attached hydrogens (tertiary/aromatic N) is 5. The van der Waals surface area contributed by atoms with Gasteiger partial charge in [0.05, 0.1) is 17.6 Å². The first kappa shape index (κ1) is 14.5. The van der Waals surface area contributed by atoms with Gasteiger partial charge < -0.3 is 13.5 Å². The Kier molecular flexibility index (Phi) is 3.68. The molecule has 0 spiro atoms. The molecule has 1 aliphatic rings. The summed E-state index contributed by atoms with van der Waals surface area (Å²) >= 11 is 1.59. The van der Waals surface area contributed by atoms with Crippen LogP contribution < -0.4 is 0 Å². The molecule has 0 aromatic carbocycles. The SMILES string of the molecule is CC(C)c1nnc(SCc2nc(-c3ccoc3)no2)n1C1CC1. The highest BCUT2D eigenvalue weighted by atomic mass is 32.2. The zero-order valence-electron chi connectivity index (χ0n) is 13.0. The van der Waals surface area contributed by atoms with Crippen LogP contribution in [-0.4, -0.2) is 24.9 Å². The summed E-state index contributed by atoms with van der Waals surface area (Å²) in [5.74, 6) is 3.12. The van der Waals surface area contributed by atoms with E-state index in [-0.39, 0.29) is 0 Å². The fourth-order valence-electron chi connectivity index (χ4n) is 2.41. The summed E-state index contributed by atoms with van der Waals surface area (Å²) in [6.07, 6.45) is 5.60. The Balaban J connectivity index is 1.49. The molecule has 4 rings (SSSR count). The van der Waals surface area contributed by atoms with Crippen LogP contribution in [0.5, 0.6) is 0 Å². The average molecular weight is 331 g/mol. The predicted octanol–water partition coefficient (Wildman–Crippen LogP) is 3.67. The molecule has 23 heavy (non-hydrogen) atoms. The van der Waals surface area contributed by atoms with Crippen molar-refractivity contribution in [2.24, 2.45) is 0 Å². The van der Waals surface area contributed by atoms with Crippen molar-refractivity contribution in [3.8, 4) is 11.4 Å². The minimum absolute atomic E-state index is 0.369. The van der Waals surface area contributed by atoms with Crippen LogP contribution in [-0.2, 0) is 5.75 Å². The molecular formula is C15H17N5O2S. The van der Waals surface area contributed by atoms with Gasteiger partial charge >= 0.3 is 0 Å². The van der Waals surface area contributed by atoms with Crippen molar-refractivity contribution in [2.75, 3.05) is 0 Å². The van der Waals surface area contributed by atoms with Gasteiger partial charge in [0.1, 0.15) is 12.1 Å². The molecule has 0 radical (unpaired) electrons. The number of hydrogen-bond donors (Lipinski definition) is 0. The van der Waals surface area contributed by atoms with E-state index in [0.717, 1.165) is 16.5 Å². The van der Waals surface area contributed by atoms with E-state index in [2.05, 4.69) is 38.8 Å². The molecular weight excluding hydrogens is 314 g/mol. The molecule has 1 saturated carbocycles. The third-order valence-corrected chi connectivity index (χ3v) is 4.62. The second kappa shape index (κ2) is 5.84. The Labute approximate surface area is 137 Å². The smallest absolute Gasteiger partial charge is 0.237 e. The van der Waals surface area contributed by atoms with Gasteiger partial charge in [0.15, 0.2) is 5.16 Å². The highest BCUT2D eigenvalue weighted by molar-refractivity contribution is 7.98. The quantitative estimate of drug-likeness (QED) is 0.637. The number of thioether (sulfide) groups is 1. The number of aromatic nitrogens is 5. The molecule has 3 aromatic heterocycles. The number of furan rings is 1. The van der Waals surface area contributed by atoms with E-state index in [1.165, 1.54) is 12.8 Å². The molecule has 0 aliphatic heterocycles. The van der Waals surface area contributed by atoms with Gasteiger partial charge in [0, 0.05) is 12.0 Å². The first-order valence-corrected chi connectivity index (χ1v) is 8.63. The van der Waals surface area contributed by atoms with Crippen LogP contribution in [0.3, 0.4) is 0 Å². The van der Waals surface area contributed by atoms with Crippen LogP contribution in [0.1, 0.15) is 50.4 Å². The lowest BCUT2D eigenvalue weighted by Gasteiger charge is -2.09. The van der Waals surface area contributed by atoms with Crippen molar-refractivity contribution in [3.05, 3.63) is 30.3 Å². The topological polar surface area (TPSA) is 82.8 Å². The second-order valence-electron chi connectivity index (χ2n) is 5.91. The van der Waals surface area contributed by atoms with E-state index in [1.54, 1.807) is 30.4 Å². The number of rotatable bonds is 6. The van der Waals surface area contributed by atoms with E-state index >= 15 is 0 Å². The molecule has 3 heterocycles. The fraction of sp³-hybridized carbons (Fsp3) is 0.467. The maximum atomic E-state index is 5.30. The molecule has 0 atom stereocenters. The summed E-state index contributed by atoms with van der Waals surface area (Å²) in [5.41, 5.74) is 0.813. The molecule has 0 unspecified atom stereocenters. The summed E-state index contributed by atoms with van der Waals surface area (Å²) in [5, 5.41) is 13.6. The Morgan fingerprint density at radius 1 is 1.35 bits per heavy atom. The largest absolute Gasteiger partial charge is 0.472 e. The van der Waals surface area contributed by atoms with Crippen molar-refractivity contribution in [1.82, 2.24) is 24.9 Å². The van der Waals surface area contributed by atoms with Crippen LogP contribution in [0.25, 0.3) is 11.4 Å². The third-order valence-electron chi connectivity index (χ3n) is 3.69.